The second-order valence-corrected chi connectivity index (χ2v) is 4.33. The van der Waals surface area contributed by atoms with Gasteiger partial charge in [0.05, 0.1) is 6.61 Å². The van der Waals surface area contributed by atoms with Crippen molar-refractivity contribution in [1.29, 1.82) is 0 Å². The molecule has 0 atom stereocenters. The fourth-order valence-electron chi connectivity index (χ4n) is 1.58. The summed E-state index contributed by atoms with van der Waals surface area (Å²) >= 11 is 1.70. The predicted octanol–water partition coefficient (Wildman–Crippen LogP) is 2.26. The van der Waals surface area contributed by atoms with Crippen LogP contribution in [-0.4, -0.2) is 22.0 Å². The molecule has 2 rings (SSSR count). The van der Waals surface area contributed by atoms with Gasteiger partial charge in [-0.2, -0.15) is 0 Å². The molecule has 0 spiro atoms. The summed E-state index contributed by atoms with van der Waals surface area (Å²) in [5.74, 6) is 0.758. The van der Waals surface area contributed by atoms with E-state index in [0.717, 1.165) is 5.75 Å². The van der Waals surface area contributed by atoms with Crippen molar-refractivity contribution in [2.75, 3.05) is 12.4 Å². The van der Waals surface area contributed by atoms with Crippen LogP contribution in [0.1, 0.15) is 0 Å². The molecular weight excluding hydrogens is 194 g/mol. The molecule has 14 heavy (non-hydrogen) atoms. The van der Waals surface area contributed by atoms with Gasteiger partial charge in [-0.1, -0.05) is 18.2 Å². The van der Waals surface area contributed by atoms with E-state index in [1.54, 1.807) is 11.8 Å². The lowest BCUT2D eigenvalue weighted by Crippen LogP contribution is -1.84. The second-order valence-electron chi connectivity index (χ2n) is 3.19. The molecule has 0 aliphatic rings. The average Bonchev–Trinajstić information content (AvgIpc) is 2.54. The zero-order valence-corrected chi connectivity index (χ0v) is 8.92. The molecule has 74 valence electrons. The van der Waals surface area contributed by atoms with E-state index in [4.69, 9.17) is 5.11 Å². The minimum atomic E-state index is 0.230. The van der Waals surface area contributed by atoms with Crippen LogP contribution >= 0.6 is 11.8 Å². The highest BCUT2D eigenvalue weighted by molar-refractivity contribution is 7.99. The molecule has 2 aromatic rings. The molecule has 3 heteroatoms. The lowest BCUT2D eigenvalue weighted by Gasteiger charge is -1.95. The smallest absolute Gasteiger partial charge is 0.0525 e. The Labute approximate surface area is 87.5 Å². The summed E-state index contributed by atoms with van der Waals surface area (Å²) in [6, 6.07) is 8.32. The molecule has 2 nitrogen and oxygen atoms in total. The number of hydrogen-bond acceptors (Lipinski definition) is 2. The van der Waals surface area contributed by atoms with Gasteiger partial charge < -0.3 is 9.67 Å². The van der Waals surface area contributed by atoms with Crippen LogP contribution in [0.2, 0.25) is 0 Å². The number of thioether (sulfide) groups is 1. The number of para-hydroxylation sites is 1. The topological polar surface area (TPSA) is 25.2 Å². The Hall–Kier alpha value is -0.930. The summed E-state index contributed by atoms with van der Waals surface area (Å²) < 4.78 is 2.12. The molecule has 0 saturated heterocycles. The Morgan fingerprint density at radius 2 is 2.14 bits per heavy atom. The fourth-order valence-corrected chi connectivity index (χ4v) is 2.45. The molecule has 1 heterocycles. The Kier molecular flexibility index (Phi) is 2.79. The van der Waals surface area contributed by atoms with E-state index in [1.807, 2.05) is 19.2 Å². The van der Waals surface area contributed by atoms with Crippen molar-refractivity contribution < 1.29 is 5.11 Å². The predicted molar refractivity (Wildman–Crippen MR) is 60.7 cm³/mol. The average molecular weight is 207 g/mol. The molecule has 0 aliphatic heterocycles. The maximum atomic E-state index is 8.78. The van der Waals surface area contributed by atoms with Gasteiger partial charge in [0, 0.05) is 34.8 Å². The number of rotatable bonds is 3. The van der Waals surface area contributed by atoms with Gasteiger partial charge in [0.1, 0.15) is 0 Å². The highest BCUT2D eigenvalue weighted by Gasteiger charge is 2.04. The van der Waals surface area contributed by atoms with E-state index in [2.05, 4.69) is 22.9 Å². The van der Waals surface area contributed by atoms with Crippen molar-refractivity contribution in [1.82, 2.24) is 4.57 Å². The maximum Gasteiger partial charge on any atom is 0.0525 e. The highest BCUT2D eigenvalue weighted by atomic mass is 32.2. The van der Waals surface area contributed by atoms with Crippen LogP contribution in [0.25, 0.3) is 10.9 Å². The van der Waals surface area contributed by atoms with E-state index < -0.39 is 0 Å². The lowest BCUT2D eigenvalue weighted by molar-refractivity contribution is 0.322. The standard InChI is InChI=1S/C11H13NOS/c1-12-8-11(14-7-6-13)9-4-2-3-5-10(9)12/h2-5,8,13H,6-7H2,1H3. The van der Waals surface area contributed by atoms with Crippen LogP contribution in [0, 0.1) is 0 Å². The first-order chi connectivity index (χ1) is 6.83. The van der Waals surface area contributed by atoms with Gasteiger partial charge in [-0.3, -0.25) is 0 Å². The van der Waals surface area contributed by atoms with E-state index in [-0.39, 0.29) is 6.61 Å². The largest absolute Gasteiger partial charge is 0.396 e. The Balaban J connectivity index is 2.44. The van der Waals surface area contributed by atoms with E-state index >= 15 is 0 Å². The van der Waals surface area contributed by atoms with Gasteiger partial charge in [0.15, 0.2) is 0 Å². The van der Waals surface area contributed by atoms with Crippen LogP contribution in [-0.2, 0) is 7.05 Å². The van der Waals surface area contributed by atoms with Gasteiger partial charge >= 0.3 is 0 Å². The zero-order chi connectivity index (χ0) is 9.97. The summed E-state index contributed by atoms with van der Waals surface area (Å²) in [6.07, 6.45) is 2.12. The first-order valence-electron chi connectivity index (χ1n) is 4.60. The molecule has 0 amide bonds. The Morgan fingerprint density at radius 1 is 1.36 bits per heavy atom. The third-order valence-electron chi connectivity index (χ3n) is 2.21. The summed E-state index contributed by atoms with van der Waals surface area (Å²) in [5, 5.41) is 10.1. The summed E-state index contributed by atoms with van der Waals surface area (Å²) in [4.78, 5) is 1.25. The monoisotopic (exact) mass is 207 g/mol. The minimum absolute atomic E-state index is 0.230. The zero-order valence-electron chi connectivity index (χ0n) is 8.10. The Morgan fingerprint density at radius 3 is 2.93 bits per heavy atom. The number of aliphatic hydroxyl groups is 1. The second kappa shape index (κ2) is 4.07. The van der Waals surface area contributed by atoms with Crippen molar-refractivity contribution in [3.8, 4) is 0 Å². The van der Waals surface area contributed by atoms with Crippen LogP contribution < -0.4 is 0 Å². The first kappa shape index (κ1) is 9.62. The number of aromatic nitrogens is 1. The number of benzene rings is 1. The number of aliphatic hydroxyl groups excluding tert-OH is 1. The first-order valence-corrected chi connectivity index (χ1v) is 5.59. The lowest BCUT2D eigenvalue weighted by atomic mass is 10.2. The molecule has 0 fully saturated rings. The fraction of sp³-hybridized carbons (Fsp3) is 0.273. The van der Waals surface area contributed by atoms with Gasteiger partial charge in [-0.25, -0.2) is 0 Å². The number of aryl methyl sites for hydroxylation is 1. The molecule has 1 N–H and O–H groups in total. The van der Waals surface area contributed by atoms with Crippen LogP contribution in [0.5, 0.6) is 0 Å². The third-order valence-corrected chi connectivity index (χ3v) is 3.23. The van der Waals surface area contributed by atoms with Crippen molar-refractivity contribution >= 4 is 22.7 Å². The molecule has 1 aromatic heterocycles. The number of hydrogen-bond donors (Lipinski definition) is 1. The molecule has 0 radical (unpaired) electrons. The van der Waals surface area contributed by atoms with E-state index in [9.17, 15) is 0 Å². The van der Waals surface area contributed by atoms with Crippen molar-refractivity contribution in [2.45, 2.75) is 4.90 Å². The molecule has 0 unspecified atom stereocenters. The van der Waals surface area contributed by atoms with Gasteiger partial charge in [0.25, 0.3) is 0 Å². The highest BCUT2D eigenvalue weighted by Crippen LogP contribution is 2.28. The normalized spacial score (nSPS) is 11.0. The van der Waals surface area contributed by atoms with Crippen molar-refractivity contribution in [3.63, 3.8) is 0 Å². The van der Waals surface area contributed by atoms with Crippen molar-refractivity contribution in [2.24, 2.45) is 7.05 Å². The molecular formula is C11H13NOS. The molecule has 1 aromatic carbocycles. The summed E-state index contributed by atoms with van der Waals surface area (Å²) in [7, 11) is 2.05. The molecule has 0 saturated carbocycles. The maximum absolute atomic E-state index is 8.78. The van der Waals surface area contributed by atoms with Crippen LogP contribution in [0.3, 0.4) is 0 Å². The molecule has 0 bridgehead atoms. The SMILES string of the molecule is Cn1cc(SCCO)c2ccccc21. The van der Waals surface area contributed by atoms with Gasteiger partial charge in [-0.05, 0) is 6.07 Å². The van der Waals surface area contributed by atoms with E-state index in [0.29, 0.717) is 0 Å². The number of fused-ring (bicyclic) bond motifs is 1. The summed E-state index contributed by atoms with van der Waals surface area (Å²) in [6.45, 7) is 0.230. The van der Waals surface area contributed by atoms with Gasteiger partial charge in [0.2, 0.25) is 0 Å². The summed E-state index contributed by atoms with van der Waals surface area (Å²) in [5.41, 5.74) is 1.24. The third kappa shape index (κ3) is 1.65. The minimum Gasteiger partial charge on any atom is -0.396 e. The van der Waals surface area contributed by atoms with Gasteiger partial charge in [-0.15, -0.1) is 11.8 Å². The Bertz CT molecular complexity index is 436. The van der Waals surface area contributed by atoms with Crippen LogP contribution in [0.4, 0.5) is 0 Å². The molecule has 0 aliphatic carbocycles. The van der Waals surface area contributed by atoms with Crippen LogP contribution in [0.15, 0.2) is 35.4 Å². The van der Waals surface area contributed by atoms with E-state index in [1.165, 1.54) is 15.8 Å². The van der Waals surface area contributed by atoms with Crippen molar-refractivity contribution in [3.05, 3.63) is 30.5 Å². The number of nitrogens with zero attached hydrogens (tertiary/aromatic N) is 1. The quantitative estimate of drug-likeness (QED) is 0.781.